The van der Waals surface area contributed by atoms with Crippen molar-refractivity contribution in [3.63, 3.8) is 0 Å². The van der Waals surface area contributed by atoms with Gasteiger partial charge in [-0.3, -0.25) is 9.78 Å². The van der Waals surface area contributed by atoms with Crippen LogP contribution in [0.5, 0.6) is 0 Å². The number of hydrogen-bond donors (Lipinski definition) is 1. The van der Waals surface area contributed by atoms with Crippen LogP contribution in [0.4, 0.5) is 11.5 Å². The van der Waals surface area contributed by atoms with Gasteiger partial charge in [0.1, 0.15) is 11.5 Å². The number of carbonyl (C=O) groups excluding carboxylic acids is 1. The third-order valence-corrected chi connectivity index (χ3v) is 2.91. The Morgan fingerprint density at radius 3 is 2.53 bits per heavy atom. The normalized spacial score (nSPS) is 10.2. The highest BCUT2D eigenvalue weighted by atomic mass is 16.2. The Balaban J connectivity index is 2.23. The van der Waals surface area contributed by atoms with E-state index in [1.54, 1.807) is 7.05 Å². The minimum absolute atomic E-state index is 0.232. The molecule has 2 rings (SSSR count). The predicted molar refractivity (Wildman–Crippen MR) is 75.0 cm³/mol. The smallest absolute Gasteiger partial charge is 0.278 e. The zero-order valence-corrected chi connectivity index (χ0v) is 11.0. The monoisotopic (exact) mass is 256 g/mol. The summed E-state index contributed by atoms with van der Waals surface area (Å²) in [6, 6.07) is 7.83. The summed E-state index contributed by atoms with van der Waals surface area (Å²) in [4.78, 5) is 21.6. The van der Waals surface area contributed by atoms with Crippen LogP contribution >= 0.6 is 0 Å². The first-order valence-corrected chi connectivity index (χ1v) is 6.06. The van der Waals surface area contributed by atoms with E-state index in [0.717, 1.165) is 12.1 Å². The van der Waals surface area contributed by atoms with E-state index in [-0.39, 0.29) is 17.4 Å². The van der Waals surface area contributed by atoms with Crippen LogP contribution in [-0.2, 0) is 6.42 Å². The van der Waals surface area contributed by atoms with Crippen molar-refractivity contribution in [2.75, 3.05) is 17.7 Å². The third-order valence-electron chi connectivity index (χ3n) is 2.91. The summed E-state index contributed by atoms with van der Waals surface area (Å²) in [5.41, 5.74) is 7.81. The molecule has 0 atom stereocenters. The van der Waals surface area contributed by atoms with E-state index in [4.69, 9.17) is 5.73 Å². The second kappa shape index (κ2) is 5.48. The van der Waals surface area contributed by atoms with Gasteiger partial charge in [0.05, 0.1) is 12.4 Å². The molecule has 0 unspecified atom stereocenters. The van der Waals surface area contributed by atoms with E-state index in [9.17, 15) is 4.79 Å². The van der Waals surface area contributed by atoms with Crippen LogP contribution < -0.4 is 10.6 Å². The third kappa shape index (κ3) is 2.88. The second-order valence-corrected chi connectivity index (χ2v) is 4.21. The van der Waals surface area contributed by atoms with Gasteiger partial charge >= 0.3 is 0 Å². The molecule has 0 aliphatic carbocycles. The SMILES string of the molecule is CCc1ccc(N(C)C(=O)c2cncc(N)n2)cc1. The Bertz CT molecular complexity index is 580. The fourth-order valence-corrected chi connectivity index (χ4v) is 1.73. The van der Waals surface area contributed by atoms with Crippen LogP contribution in [-0.4, -0.2) is 22.9 Å². The summed E-state index contributed by atoms with van der Waals surface area (Å²) in [5, 5.41) is 0. The molecule has 0 fully saturated rings. The minimum atomic E-state index is -0.232. The molecule has 1 aromatic heterocycles. The van der Waals surface area contributed by atoms with Crippen molar-refractivity contribution in [1.82, 2.24) is 9.97 Å². The lowest BCUT2D eigenvalue weighted by Crippen LogP contribution is -2.27. The number of amides is 1. The molecule has 0 radical (unpaired) electrons. The van der Waals surface area contributed by atoms with Crippen LogP contribution in [0.25, 0.3) is 0 Å². The molecule has 5 nitrogen and oxygen atoms in total. The predicted octanol–water partition coefficient (Wildman–Crippen LogP) is 1.90. The molecule has 0 aliphatic rings. The first-order chi connectivity index (χ1) is 9.11. The van der Waals surface area contributed by atoms with Crippen LogP contribution in [0.2, 0.25) is 0 Å². The van der Waals surface area contributed by atoms with Crippen molar-refractivity contribution in [2.45, 2.75) is 13.3 Å². The second-order valence-electron chi connectivity index (χ2n) is 4.21. The number of aromatic nitrogens is 2. The molecule has 1 heterocycles. The van der Waals surface area contributed by atoms with Crippen LogP contribution in [0.3, 0.4) is 0 Å². The zero-order valence-electron chi connectivity index (χ0n) is 11.0. The van der Waals surface area contributed by atoms with Crippen molar-refractivity contribution in [3.8, 4) is 0 Å². The molecule has 2 N–H and O–H groups in total. The van der Waals surface area contributed by atoms with Crippen molar-refractivity contribution < 1.29 is 4.79 Å². The molecule has 0 saturated heterocycles. The number of anilines is 2. The maximum atomic E-state index is 12.2. The maximum absolute atomic E-state index is 12.2. The molecule has 2 aromatic rings. The van der Waals surface area contributed by atoms with E-state index in [1.807, 2.05) is 24.3 Å². The number of hydrogen-bond acceptors (Lipinski definition) is 4. The molecule has 19 heavy (non-hydrogen) atoms. The molecule has 0 aliphatic heterocycles. The number of rotatable bonds is 3. The van der Waals surface area contributed by atoms with E-state index in [1.165, 1.54) is 22.9 Å². The Morgan fingerprint density at radius 2 is 1.95 bits per heavy atom. The Kier molecular flexibility index (Phi) is 3.75. The topological polar surface area (TPSA) is 72.1 Å². The molecule has 1 aromatic carbocycles. The number of nitrogens with zero attached hydrogens (tertiary/aromatic N) is 3. The number of carbonyl (C=O) groups is 1. The summed E-state index contributed by atoms with van der Waals surface area (Å²) in [7, 11) is 1.70. The highest BCUT2D eigenvalue weighted by molar-refractivity contribution is 6.04. The summed E-state index contributed by atoms with van der Waals surface area (Å²) in [5.74, 6) is 0.00429. The summed E-state index contributed by atoms with van der Waals surface area (Å²) < 4.78 is 0. The van der Waals surface area contributed by atoms with E-state index in [2.05, 4.69) is 16.9 Å². The highest BCUT2D eigenvalue weighted by Gasteiger charge is 2.15. The fourth-order valence-electron chi connectivity index (χ4n) is 1.73. The van der Waals surface area contributed by atoms with E-state index >= 15 is 0 Å². The van der Waals surface area contributed by atoms with Gasteiger partial charge in [0.2, 0.25) is 0 Å². The van der Waals surface area contributed by atoms with Crippen molar-refractivity contribution in [2.24, 2.45) is 0 Å². The van der Waals surface area contributed by atoms with Gasteiger partial charge in [-0.2, -0.15) is 0 Å². The zero-order chi connectivity index (χ0) is 13.8. The minimum Gasteiger partial charge on any atom is -0.382 e. The van der Waals surface area contributed by atoms with Crippen molar-refractivity contribution in [3.05, 3.63) is 47.9 Å². The van der Waals surface area contributed by atoms with Gasteiger partial charge in [-0.25, -0.2) is 4.98 Å². The van der Waals surface area contributed by atoms with Gasteiger partial charge in [-0.1, -0.05) is 19.1 Å². The Labute approximate surface area is 112 Å². The Hall–Kier alpha value is -2.43. The summed E-state index contributed by atoms with van der Waals surface area (Å²) in [6.45, 7) is 2.09. The van der Waals surface area contributed by atoms with Gasteiger partial charge in [0.15, 0.2) is 0 Å². The summed E-state index contributed by atoms with van der Waals surface area (Å²) in [6.07, 6.45) is 3.79. The lowest BCUT2D eigenvalue weighted by atomic mass is 10.1. The molecular weight excluding hydrogens is 240 g/mol. The van der Waals surface area contributed by atoms with Crippen LogP contribution in [0.15, 0.2) is 36.7 Å². The molecule has 1 amide bonds. The summed E-state index contributed by atoms with van der Waals surface area (Å²) >= 11 is 0. The van der Waals surface area contributed by atoms with Crippen LogP contribution in [0.1, 0.15) is 23.0 Å². The van der Waals surface area contributed by atoms with E-state index in [0.29, 0.717) is 0 Å². The van der Waals surface area contributed by atoms with Gasteiger partial charge in [0, 0.05) is 12.7 Å². The average molecular weight is 256 g/mol. The molecule has 0 saturated carbocycles. The average Bonchev–Trinajstić information content (AvgIpc) is 2.46. The van der Waals surface area contributed by atoms with Gasteiger partial charge in [-0.15, -0.1) is 0 Å². The van der Waals surface area contributed by atoms with Gasteiger partial charge in [0.25, 0.3) is 5.91 Å². The lowest BCUT2D eigenvalue weighted by Gasteiger charge is -2.17. The first-order valence-electron chi connectivity index (χ1n) is 6.06. The number of benzene rings is 1. The maximum Gasteiger partial charge on any atom is 0.278 e. The van der Waals surface area contributed by atoms with E-state index < -0.39 is 0 Å². The quantitative estimate of drug-likeness (QED) is 0.910. The lowest BCUT2D eigenvalue weighted by molar-refractivity contribution is 0.0988. The van der Waals surface area contributed by atoms with Gasteiger partial charge < -0.3 is 10.6 Å². The first kappa shape index (κ1) is 13.0. The highest BCUT2D eigenvalue weighted by Crippen LogP contribution is 2.16. The van der Waals surface area contributed by atoms with Crippen molar-refractivity contribution >= 4 is 17.4 Å². The number of nitrogens with two attached hydrogens (primary N) is 1. The Morgan fingerprint density at radius 1 is 1.26 bits per heavy atom. The number of nitrogen functional groups attached to an aromatic ring is 1. The fraction of sp³-hybridized carbons (Fsp3) is 0.214. The number of aryl methyl sites for hydroxylation is 1. The molecule has 0 bridgehead atoms. The molecule has 0 spiro atoms. The molecule has 5 heteroatoms. The largest absolute Gasteiger partial charge is 0.382 e. The molecule has 98 valence electrons. The van der Waals surface area contributed by atoms with Crippen molar-refractivity contribution in [1.29, 1.82) is 0 Å². The van der Waals surface area contributed by atoms with Gasteiger partial charge in [-0.05, 0) is 24.1 Å². The standard InChI is InChI=1S/C14H16N4O/c1-3-10-4-6-11(7-5-10)18(2)14(19)12-8-16-9-13(15)17-12/h4-9H,3H2,1-2H3,(H2,15,17). The molecular formula is C14H16N4O. The van der Waals surface area contributed by atoms with Crippen LogP contribution in [0, 0.1) is 0 Å².